The maximum atomic E-state index is 12.3. The van der Waals surface area contributed by atoms with Gasteiger partial charge in [0.05, 0.1) is 13.2 Å². The van der Waals surface area contributed by atoms with Gasteiger partial charge in [0.15, 0.2) is 5.92 Å². The van der Waals surface area contributed by atoms with Gasteiger partial charge in [-0.2, -0.15) is 0 Å². The third-order valence-corrected chi connectivity index (χ3v) is 4.07. The Morgan fingerprint density at radius 3 is 2.57 bits per heavy atom. The molecule has 1 amide bonds. The van der Waals surface area contributed by atoms with E-state index in [1.807, 2.05) is 0 Å². The Morgan fingerprint density at radius 1 is 1.33 bits per heavy atom. The highest BCUT2D eigenvalue weighted by atomic mass is 35.5. The number of carbonyl (C=O) groups excluding carboxylic acids is 2. The lowest BCUT2D eigenvalue weighted by Crippen LogP contribution is -2.50. The van der Waals surface area contributed by atoms with Crippen molar-refractivity contribution in [3.63, 3.8) is 0 Å². The van der Waals surface area contributed by atoms with E-state index >= 15 is 0 Å². The number of ether oxygens (including phenoxy) is 1. The summed E-state index contributed by atoms with van der Waals surface area (Å²) in [6, 6.07) is 6.74. The van der Waals surface area contributed by atoms with E-state index in [2.05, 4.69) is 10.3 Å². The van der Waals surface area contributed by atoms with Crippen molar-refractivity contribution in [1.29, 1.82) is 0 Å². The van der Waals surface area contributed by atoms with Gasteiger partial charge >= 0.3 is 5.97 Å². The number of esters is 1. The molecule has 2 atom stereocenters. The van der Waals surface area contributed by atoms with Crippen LogP contribution in [0.2, 0.25) is 5.02 Å². The minimum atomic E-state index is -0.849. The first-order valence-electron chi connectivity index (χ1n) is 6.82. The SMILES string of the molecule is COC(=O)C1C(=O)NC(c2ccc(Cl)cc2)=NC1C1CC1. The topological polar surface area (TPSA) is 67.8 Å². The summed E-state index contributed by atoms with van der Waals surface area (Å²) in [4.78, 5) is 28.7. The molecule has 2 aliphatic rings. The number of hydrogen-bond acceptors (Lipinski definition) is 4. The number of amidine groups is 1. The van der Waals surface area contributed by atoms with Gasteiger partial charge < -0.3 is 10.1 Å². The van der Waals surface area contributed by atoms with E-state index in [4.69, 9.17) is 16.3 Å². The molecule has 3 rings (SSSR count). The molecule has 1 aromatic rings. The van der Waals surface area contributed by atoms with Gasteiger partial charge in [0.1, 0.15) is 5.84 Å². The van der Waals surface area contributed by atoms with Crippen molar-refractivity contribution in [2.24, 2.45) is 16.8 Å². The average Bonchev–Trinajstić information content (AvgIpc) is 3.31. The van der Waals surface area contributed by atoms with Crippen LogP contribution in [0.1, 0.15) is 18.4 Å². The van der Waals surface area contributed by atoms with E-state index in [0.29, 0.717) is 10.9 Å². The summed E-state index contributed by atoms with van der Waals surface area (Å²) in [6.45, 7) is 0. The molecule has 21 heavy (non-hydrogen) atoms. The number of rotatable bonds is 3. The molecule has 6 heteroatoms. The van der Waals surface area contributed by atoms with Crippen LogP contribution in [-0.2, 0) is 14.3 Å². The lowest BCUT2D eigenvalue weighted by atomic mass is 9.93. The monoisotopic (exact) mass is 306 g/mol. The number of hydrogen-bond donors (Lipinski definition) is 1. The Kier molecular flexibility index (Phi) is 3.68. The lowest BCUT2D eigenvalue weighted by Gasteiger charge is -2.27. The molecule has 0 spiro atoms. The molecule has 1 aliphatic carbocycles. The van der Waals surface area contributed by atoms with E-state index in [0.717, 1.165) is 18.4 Å². The summed E-state index contributed by atoms with van der Waals surface area (Å²) in [5.74, 6) is -0.947. The molecule has 2 unspecified atom stereocenters. The lowest BCUT2D eigenvalue weighted by molar-refractivity contribution is -0.151. The molecule has 1 saturated carbocycles. The third kappa shape index (κ3) is 2.78. The van der Waals surface area contributed by atoms with Crippen molar-refractivity contribution in [2.45, 2.75) is 18.9 Å². The van der Waals surface area contributed by atoms with Crippen LogP contribution in [0, 0.1) is 11.8 Å². The quantitative estimate of drug-likeness (QED) is 0.684. The predicted octanol–water partition coefficient (Wildman–Crippen LogP) is 1.78. The number of benzene rings is 1. The second-order valence-corrected chi connectivity index (χ2v) is 5.74. The Morgan fingerprint density at radius 2 is 2.00 bits per heavy atom. The molecule has 1 fully saturated rings. The van der Waals surface area contributed by atoms with Gasteiger partial charge in [-0.05, 0) is 43.0 Å². The smallest absolute Gasteiger partial charge is 0.320 e. The molecule has 1 aliphatic heterocycles. The van der Waals surface area contributed by atoms with E-state index < -0.39 is 11.9 Å². The van der Waals surface area contributed by atoms with Crippen molar-refractivity contribution in [2.75, 3.05) is 7.11 Å². The maximum Gasteiger partial charge on any atom is 0.320 e. The summed E-state index contributed by atoms with van der Waals surface area (Å²) in [6.07, 6.45) is 1.98. The van der Waals surface area contributed by atoms with Crippen molar-refractivity contribution >= 4 is 29.3 Å². The van der Waals surface area contributed by atoms with Gasteiger partial charge in [0.2, 0.25) is 5.91 Å². The van der Waals surface area contributed by atoms with Crippen LogP contribution in [0.25, 0.3) is 0 Å². The zero-order valence-electron chi connectivity index (χ0n) is 11.5. The zero-order valence-corrected chi connectivity index (χ0v) is 12.3. The van der Waals surface area contributed by atoms with E-state index in [1.165, 1.54) is 7.11 Å². The van der Waals surface area contributed by atoms with Crippen molar-refractivity contribution < 1.29 is 14.3 Å². The number of amides is 1. The Bertz CT molecular complexity index is 608. The van der Waals surface area contributed by atoms with Crippen LogP contribution in [0.15, 0.2) is 29.3 Å². The fraction of sp³-hybridized carbons (Fsp3) is 0.400. The molecule has 110 valence electrons. The van der Waals surface area contributed by atoms with E-state index in [9.17, 15) is 9.59 Å². The number of halogens is 1. The molecule has 0 aromatic heterocycles. The van der Waals surface area contributed by atoms with Gasteiger partial charge in [0, 0.05) is 10.6 Å². The number of nitrogens with one attached hydrogen (secondary N) is 1. The van der Waals surface area contributed by atoms with Crippen molar-refractivity contribution in [3.05, 3.63) is 34.9 Å². The fourth-order valence-electron chi connectivity index (χ4n) is 2.55. The van der Waals surface area contributed by atoms with Gasteiger partial charge in [-0.1, -0.05) is 11.6 Å². The Labute approximate surface area is 127 Å². The van der Waals surface area contributed by atoms with Crippen LogP contribution in [0.4, 0.5) is 0 Å². The van der Waals surface area contributed by atoms with Crippen LogP contribution in [0.5, 0.6) is 0 Å². The summed E-state index contributed by atoms with van der Waals surface area (Å²) >= 11 is 5.86. The van der Waals surface area contributed by atoms with Gasteiger partial charge in [-0.15, -0.1) is 0 Å². The molecule has 1 aromatic carbocycles. The summed E-state index contributed by atoms with van der Waals surface area (Å²) in [7, 11) is 1.29. The number of carbonyl (C=O) groups is 2. The maximum absolute atomic E-state index is 12.3. The molecule has 0 saturated heterocycles. The second-order valence-electron chi connectivity index (χ2n) is 5.30. The molecule has 0 radical (unpaired) electrons. The van der Waals surface area contributed by atoms with Crippen LogP contribution < -0.4 is 5.32 Å². The largest absolute Gasteiger partial charge is 0.468 e. The highest BCUT2D eigenvalue weighted by molar-refractivity contribution is 6.30. The number of aliphatic imine (C=N–C) groups is 1. The van der Waals surface area contributed by atoms with Gasteiger partial charge in [-0.3, -0.25) is 14.6 Å². The van der Waals surface area contributed by atoms with Crippen LogP contribution in [0.3, 0.4) is 0 Å². The minimum absolute atomic E-state index is 0.280. The Hall–Kier alpha value is -1.88. The first kappa shape index (κ1) is 14.1. The zero-order chi connectivity index (χ0) is 15.0. The minimum Gasteiger partial charge on any atom is -0.468 e. The number of nitrogens with zero attached hydrogens (tertiary/aromatic N) is 1. The highest BCUT2D eigenvalue weighted by Gasteiger charge is 2.47. The van der Waals surface area contributed by atoms with E-state index in [1.54, 1.807) is 24.3 Å². The van der Waals surface area contributed by atoms with Gasteiger partial charge in [0.25, 0.3) is 0 Å². The predicted molar refractivity (Wildman–Crippen MR) is 78.1 cm³/mol. The third-order valence-electron chi connectivity index (χ3n) is 3.82. The molecule has 5 nitrogen and oxygen atoms in total. The van der Waals surface area contributed by atoms with Crippen LogP contribution in [-0.4, -0.2) is 30.9 Å². The first-order chi connectivity index (χ1) is 10.1. The van der Waals surface area contributed by atoms with Crippen molar-refractivity contribution in [3.8, 4) is 0 Å². The van der Waals surface area contributed by atoms with Crippen molar-refractivity contribution in [1.82, 2.24) is 5.32 Å². The molecule has 1 heterocycles. The highest BCUT2D eigenvalue weighted by Crippen LogP contribution is 2.39. The van der Waals surface area contributed by atoms with Crippen LogP contribution >= 0.6 is 11.6 Å². The molecule has 0 bridgehead atoms. The summed E-state index contributed by atoms with van der Waals surface area (Å²) < 4.78 is 4.74. The second kappa shape index (κ2) is 5.48. The number of methoxy groups -OCH3 is 1. The Balaban J connectivity index is 1.94. The molecule has 1 N–H and O–H groups in total. The van der Waals surface area contributed by atoms with E-state index in [-0.39, 0.29) is 17.9 Å². The molecular weight excluding hydrogens is 292 g/mol. The molecular formula is C15H15ClN2O3. The summed E-state index contributed by atoms with van der Waals surface area (Å²) in [5, 5.41) is 3.32. The first-order valence-corrected chi connectivity index (χ1v) is 7.20. The summed E-state index contributed by atoms with van der Waals surface area (Å²) in [5.41, 5.74) is 0.779. The fourth-order valence-corrected chi connectivity index (χ4v) is 2.67. The van der Waals surface area contributed by atoms with Gasteiger partial charge in [-0.25, -0.2) is 0 Å². The standard InChI is InChI=1S/C15H15ClN2O3/c1-21-15(20)11-12(8-2-3-8)17-13(18-14(11)19)9-4-6-10(16)7-5-9/h4-8,11-12H,2-3H2,1H3,(H,17,18,19). The normalized spacial score (nSPS) is 25.0. The average molecular weight is 307 g/mol.